The zero-order valence-electron chi connectivity index (χ0n) is 11.7. The van der Waals surface area contributed by atoms with Gasteiger partial charge in [0.05, 0.1) is 12.7 Å². The molecule has 0 bridgehead atoms. The summed E-state index contributed by atoms with van der Waals surface area (Å²) in [5.41, 5.74) is 0. The number of likely N-dealkylation sites (tertiary alicyclic amines) is 1. The highest BCUT2D eigenvalue weighted by atomic mass is 32.1. The summed E-state index contributed by atoms with van der Waals surface area (Å²) >= 11 is 1.47. The predicted molar refractivity (Wildman–Crippen MR) is 80.7 cm³/mol. The molecule has 1 aliphatic rings. The Labute approximate surface area is 126 Å². The Kier molecular flexibility index (Phi) is 4.01. The van der Waals surface area contributed by atoms with Crippen LogP contribution in [0, 0.1) is 6.92 Å². The zero-order valence-corrected chi connectivity index (χ0v) is 12.5. The molecule has 6 nitrogen and oxygen atoms in total. The molecule has 0 spiro atoms. The molecule has 1 aliphatic heterocycles. The van der Waals surface area contributed by atoms with Crippen molar-refractivity contribution >= 4 is 22.5 Å². The molecule has 1 saturated heterocycles. The molecule has 0 saturated carbocycles. The normalized spacial score (nSPS) is 17.8. The van der Waals surface area contributed by atoms with Crippen LogP contribution in [0.3, 0.4) is 0 Å². The van der Waals surface area contributed by atoms with Crippen molar-refractivity contribution in [3.63, 3.8) is 0 Å². The lowest BCUT2D eigenvalue weighted by molar-refractivity contribution is 0.194. The van der Waals surface area contributed by atoms with Crippen molar-refractivity contribution in [3.05, 3.63) is 35.6 Å². The highest BCUT2D eigenvalue weighted by molar-refractivity contribution is 7.15. The number of hydrogen-bond donors (Lipinski definition) is 1. The van der Waals surface area contributed by atoms with Crippen LogP contribution in [0.15, 0.2) is 30.7 Å². The number of aromatic nitrogens is 2. The van der Waals surface area contributed by atoms with E-state index in [1.807, 2.05) is 19.1 Å². The Bertz CT molecular complexity index is 616. The van der Waals surface area contributed by atoms with Crippen LogP contribution < -0.4 is 10.1 Å². The number of carbonyl (C=O) groups excluding carboxylic acids is 1. The molecule has 2 aromatic rings. The van der Waals surface area contributed by atoms with Gasteiger partial charge >= 0.3 is 6.03 Å². The van der Waals surface area contributed by atoms with E-state index >= 15 is 0 Å². The van der Waals surface area contributed by atoms with Crippen molar-refractivity contribution in [2.45, 2.75) is 19.4 Å². The standard InChI is InChI=1S/C14H16N4O2S/c1-10-7-16-13(21-10)17-14(19)18-6-4-12(9-18)20-11-3-2-5-15-8-11/h2-3,5,7-8,12H,4,6,9H2,1H3,(H,16,17,19)/t12-/m0/s1. The number of ether oxygens (including phenoxy) is 1. The molecular formula is C14H16N4O2S. The third kappa shape index (κ3) is 3.49. The molecule has 3 rings (SSSR count). The molecule has 110 valence electrons. The number of anilines is 1. The molecule has 1 N–H and O–H groups in total. The van der Waals surface area contributed by atoms with Gasteiger partial charge in [-0.25, -0.2) is 9.78 Å². The molecule has 2 amide bonds. The minimum absolute atomic E-state index is 0.0120. The molecule has 1 atom stereocenters. The third-order valence-electron chi connectivity index (χ3n) is 3.20. The highest BCUT2D eigenvalue weighted by Gasteiger charge is 2.28. The van der Waals surface area contributed by atoms with E-state index in [1.54, 1.807) is 23.5 Å². The van der Waals surface area contributed by atoms with E-state index in [0.29, 0.717) is 18.2 Å². The van der Waals surface area contributed by atoms with Crippen molar-refractivity contribution in [1.29, 1.82) is 0 Å². The number of nitrogens with one attached hydrogen (secondary N) is 1. The average molecular weight is 304 g/mol. The number of carbonyl (C=O) groups is 1. The van der Waals surface area contributed by atoms with E-state index in [1.165, 1.54) is 11.3 Å². The number of hydrogen-bond acceptors (Lipinski definition) is 5. The summed E-state index contributed by atoms with van der Waals surface area (Å²) in [5, 5.41) is 3.45. The maximum absolute atomic E-state index is 12.1. The minimum atomic E-state index is -0.123. The number of thiazole rings is 1. The molecule has 7 heteroatoms. The van der Waals surface area contributed by atoms with E-state index in [-0.39, 0.29) is 12.1 Å². The van der Waals surface area contributed by atoms with Crippen molar-refractivity contribution in [3.8, 4) is 5.75 Å². The Balaban J connectivity index is 1.53. The molecule has 0 aromatic carbocycles. The zero-order chi connectivity index (χ0) is 14.7. The van der Waals surface area contributed by atoms with Gasteiger partial charge in [0.15, 0.2) is 5.13 Å². The van der Waals surface area contributed by atoms with Gasteiger partial charge in [0, 0.05) is 30.2 Å². The van der Waals surface area contributed by atoms with Gasteiger partial charge in [0.2, 0.25) is 0 Å². The maximum Gasteiger partial charge on any atom is 0.323 e. The fourth-order valence-corrected chi connectivity index (χ4v) is 2.86. The van der Waals surface area contributed by atoms with Gasteiger partial charge in [0.1, 0.15) is 11.9 Å². The number of urea groups is 1. The SMILES string of the molecule is Cc1cnc(NC(=O)N2CC[C@H](Oc3cccnc3)C2)s1. The molecular weight excluding hydrogens is 288 g/mol. The Morgan fingerprint density at radius 3 is 3.14 bits per heavy atom. The van der Waals surface area contributed by atoms with Gasteiger partial charge in [0.25, 0.3) is 0 Å². The summed E-state index contributed by atoms with van der Waals surface area (Å²) in [6.07, 6.45) is 5.97. The number of aryl methyl sites for hydroxylation is 1. The first kappa shape index (κ1) is 13.8. The summed E-state index contributed by atoms with van der Waals surface area (Å²) < 4.78 is 5.81. The largest absolute Gasteiger partial charge is 0.487 e. The topological polar surface area (TPSA) is 67.4 Å². The van der Waals surface area contributed by atoms with Gasteiger partial charge in [-0.15, -0.1) is 11.3 Å². The van der Waals surface area contributed by atoms with Crippen LogP contribution in [-0.4, -0.2) is 40.1 Å². The van der Waals surface area contributed by atoms with Crippen LogP contribution in [0.25, 0.3) is 0 Å². The Morgan fingerprint density at radius 1 is 1.52 bits per heavy atom. The van der Waals surface area contributed by atoms with Gasteiger partial charge in [-0.3, -0.25) is 10.3 Å². The summed E-state index contributed by atoms with van der Waals surface area (Å²) in [6.45, 7) is 3.22. The van der Waals surface area contributed by atoms with Gasteiger partial charge < -0.3 is 9.64 Å². The monoisotopic (exact) mass is 304 g/mol. The second kappa shape index (κ2) is 6.09. The van der Waals surface area contributed by atoms with E-state index in [4.69, 9.17) is 4.74 Å². The number of amides is 2. The smallest absolute Gasteiger partial charge is 0.323 e. The summed E-state index contributed by atoms with van der Waals surface area (Å²) in [4.78, 5) is 23.1. The molecule has 2 aromatic heterocycles. The first-order valence-electron chi connectivity index (χ1n) is 6.76. The highest BCUT2D eigenvalue weighted by Crippen LogP contribution is 2.20. The average Bonchev–Trinajstić information content (AvgIpc) is 3.09. The fourth-order valence-electron chi connectivity index (χ4n) is 2.20. The van der Waals surface area contributed by atoms with Crippen LogP contribution in [0.1, 0.15) is 11.3 Å². The van der Waals surface area contributed by atoms with E-state index in [0.717, 1.165) is 17.0 Å². The Hall–Kier alpha value is -2.15. The van der Waals surface area contributed by atoms with Crippen LogP contribution in [0.5, 0.6) is 5.75 Å². The summed E-state index contributed by atoms with van der Waals surface area (Å²) in [5.74, 6) is 0.736. The number of nitrogens with zero attached hydrogens (tertiary/aromatic N) is 3. The minimum Gasteiger partial charge on any atom is -0.487 e. The number of pyridine rings is 1. The van der Waals surface area contributed by atoms with Gasteiger partial charge in [-0.1, -0.05) is 0 Å². The van der Waals surface area contributed by atoms with Gasteiger partial charge in [-0.2, -0.15) is 0 Å². The van der Waals surface area contributed by atoms with E-state index in [2.05, 4.69) is 15.3 Å². The van der Waals surface area contributed by atoms with Crippen LogP contribution >= 0.6 is 11.3 Å². The van der Waals surface area contributed by atoms with Crippen LogP contribution in [0.4, 0.5) is 9.93 Å². The lowest BCUT2D eigenvalue weighted by atomic mass is 10.3. The summed E-state index contributed by atoms with van der Waals surface area (Å²) in [6, 6.07) is 3.58. The lowest BCUT2D eigenvalue weighted by Crippen LogP contribution is -2.34. The number of rotatable bonds is 3. The molecule has 0 aliphatic carbocycles. The van der Waals surface area contributed by atoms with Crippen molar-refractivity contribution < 1.29 is 9.53 Å². The Morgan fingerprint density at radius 2 is 2.43 bits per heavy atom. The fraction of sp³-hybridized carbons (Fsp3) is 0.357. The summed E-state index contributed by atoms with van der Waals surface area (Å²) in [7, 11) is 0. The van der Waals surface area contributed by atoms with Crippen LogP contribution in [-0.2, 0) is 0 Å². The quantitative estimate of drug-likeness (QED) is 0.946. The molecule has 3 heterocycles. The molecule has 0 unspecified atom stereocenters. The molecule has 21 heavy (non-hydrogen) atoms. The maximum atomic E-state index is 12.1. The van der Waals surface area contributed by atoms with Crippen molar-refractivity contribution in [2.75, 3.05) is 18.4 Å². The second-order valence-electron chi connectivity index (χ2n) is 4.87. The predicted octanol–water partition coefficient (Wildman–Crippen LogP) is 2.53. The van der Waals surface area contributed by atoms with Crippen molar-refractivity contribution in [1.82, 2.24) is 14.9 Å². The first-order valence-corrected chi connectivity index (χ1v) is 7.57. The first-order chi connectivity index (χ1) is 10.2. The lowest BCUT2D eigenvalue weighted by Gasteiger charge is -2.17. The van der Waals surface area contributed by atoms with Crippen LogP contribution in [0.2, 0.25) is 0 Å². The van der Waals surface area contributed by atoms with E-state index in [9.17, 15) is 4.79 Å². The molecule has 0 radical (unpaired) electrons. The third-order valence-corrected chi connectivity index (χ3v) is 4.03. The van der Waals surface area contributed by atoms with E-state index < -0.39 is 0 Å². The van der Waals surface area contributed by atoms with Crippen molar-refractivity contribution in [2.24, 2.45) is 0 Å². The van der Waals surface area contributed by atoms with Gasteiger partial charge in [-0.05, 0) is 19.1 Å². The second-order valence-corrected chi connectivity index (χ2v) is 6.10. The molecule has 1 fully saturated rings.